The van der Waals surface area contributed by atoms with Crippen molar-refractivity contribution < 1.29 is 4.79 Å². The Morgan fingerprint density at radius 3 is 2.57 bits per heavy atom. The van der Waals surface area contributed by atoms with Crippen LogP contribution in [-0.2, 0) is 4.79 Å². The number of nitrogen functional groups attached to an aromatic ring is 1. The van der Waals surface area contributed by atoms with Gasteiger partial charge in [0.25, 0.3) is 0 Å². The number of amides is 1. The van der Waals surface area contributed by atoms with E-state index in [9.17, 15) is 4.79 Å². The first-order valence-corrected chi connectivity index (χ1v) is 7.85. The van der Waals surface area contributed by atoms with Gasteiger partial charge in [-0.25, -0.2) is 0 Å². The number of piperidine rings is 1. The SMILES string of the molecule is CC(CC(=O)NCC1CCN(C)CC1)c1ccc(N)cc1. The van der Waals surface area contributed by atoms with Gasteiger partial charge in [0.2, 0.25) is 5.91 Å². The molecular formula is C17H27N3O. The Bertz CT molecular complexity index is 450. The van der Waals surface area contributed by atoms with Gasteiger partial charge in [0.05, 0.1) is 0 Å². The number of rotatable bonds is 5. The second-order valence-electron chi connectivity index (χ2n) is 6.32. The van der Waals surface area contributed by atoms with Crippen molar-refractivity contribution in [2.24, 2.45) is 5.92 Å². The first-order valence-electron chi connectivity index (χ1n) is 7.85. The molecule has 21 heavy (non-hydrogen) atoms. The van der Waals surface area contributed by atoms with Crippen molar-refractivity contribution in [1.82, 2.24) is 10.2 Å². The lowest BCUT2D eigenvalue weighted by Crippen LogP contribution is -2.37. The number of hydrogen-bond acceptors (Lipinski definition) is 3. The Morgan fingerprint density at radius 1 is 1.33 bits per heavy atom. The Labute approximate surface area is 127 Å². The Kier molecular flexibility index (Phi) is 5.62. The van der Waals surface area contributed by atoms with Crippen LogP contribution in [0.4, 0.5) is 5.69 Å². The number of likely N-dealkylation sites (tertiary alicyclic amines) is 1. The molecule has 1 atom stereocenters. The molecule has 4 heteroatoms. The van der Waals surface area contributed by atoms with E-state index >= 15 is 0 Å². The maximum atomic E-state index is 12.1. The average molecular weight is 289 g/mol. The molecule has 116 valence electrons. The van der Waals surface area contributed by atoms with Crippen LogP contribution in [0.15, 0.2) is 24.3 Å². The van der Waals surface area contributed by atoms with E-state index in [2.05, 4.69) is 24.2 Å². The molecule has 1 amide bonds. The van der Waals surface area contributed by atoms with E-state index in [1.54, 1.807) is 0 Å². The molecule has 0 saturated carbocycles. The third kappa shape index (κ3) is 5.05. The minimum Gasteiger partial charge on any atom is -0.399 e. The molecular weight excluding hydrogens is 262 g/mol. The molecule has 1 fully saturated rings. The fourth-order valence-electron chi connectivity index (χ4n) is 2.82. The largest absolute Gasteiger partial charge is 0.399 e. The zero-order valence-corrected chi connectivity index (χ0v) is 13.1. The Morgan fingerprint density at radius 2 is 1.95 bits per heavy atom. The van der Waals surface area contributed by atoms with Gasteiger partial charge >= 0.3 is 0 Å². The normalized spacial score (nSPS) is 18.4. The number of nitrogens with one attached hydrogen (secondary N) is 1. The highest BCUT2D eigenvalue weighted by molar-refractivity contribution is 5.76. The molecule has 1 aliphatic rings. The molecule has 2 rings (SSSR count). The quantitative estimate of drug-likeness (QED) is 0.817. The molecule has 1 unspecified atom stereocenters. The molecule has 1 aromatic carbocycles. The fourth-order valence-corrected chi connectivity index (χ4v) is 2.82. The maximum absolute atomic E-state index is 12.1. The molecule has 1 saturated heterocycles. The number of carbonyl (C=O) groups is 1. The molecule has 1 aromatic rings. The molecule has 0 bridgehead atoms. The van der Waals surface area contributed by atoms with E-state index in [0.717, 1.165) is 25.3 Å². The number of hydrogen-bond donors (Lipinski definition) is 2. The lowest BCUT2D eigenvalue weighted by molar-refractivity contribution is -0.121. The lowest BCUT2D eigenvalue weighted by Gasteiger charge is -2.29. The predicted octanol–water partition coefficient (Wildman–Crippen LogP) is 2.22. The molecule has 0 radical (unpaired) electrons. The van der Waals surface area contributed by atoms with Crippen LogP contribution < -0.4 is 11.1 Å². The van der Waals surface area contributed by atoms with Gasteiger partial charge in [-0.15, -0.1) is 0 Å². The van der Waals surface area contributed by atoms with Gasteiger partial charge in [0, 0.05) is 18.7 Å². The number of anilines is 1. The van der Waals surface area contributed by atoms with E-state index < -0.39 is 0 Å². The summed E-state index contributed by atoms with van der Waals surface area (Å²) < 4.78 is 0. The summed E-state index contributed by atoms with van der Waals surface area (Å²) in [5, 5.41) is 3.10. The van der Waals surface area contributed by atoms with Gasteiger partial charge in [0.15, 0.2) is 0 Å². The first kappa shape index (κ1) is 15.8. The van der Waals surface area contributed by atoms with Crippen LogP contribution in [0.3, 0.4) is 0 Å². The second kappa shape index (κ2) is 7.46. The minimum atomic E-state index is 0.151. The first-order chi connectivity index (χ1) is 10.0. The standard InChI is InChI=1S/C17H27N3O/c1-13(15-3-5-16(18)6-4-15)11-17(21)19-12-14-7-9-20(2)10-8-14/h3-6,13-14H,7-12,18H2,1-2H3,(H,19,21). The summed E-state index contributed by atoms with van der Waals surface area (Å²) >= 11 is 0. The second-order valence-corrected chi connectivity index (χ2v) is 6.32. The molecule has 0 aromatic heterocycles. The predicted molar refractivity (Wildman–Crippen MR) is 87.1 cm³/mol. The summed E-state index contributed by atoms with van der Waals surface area (Å²) in [6.07, 6.45) is 2.91. The lowest BCUT2D eigenvalue weighted by atomic mass is 9.95. The van der Waals surface area contributed by atoms with E-state index in [1.165, 1.54) is 18.4 Å². The summed E-state index contributed by atoms with van der Waals surface area (Å²) in [7, 11) is 2.16. The van der Waals surface area contributed by atoms with Crippen molar-refractivity contribution in [3.05, 3.63) is 29.8 Å². The van der Waals surface area contributed by atoms with E-state index in [1.807, 2.05) is 24.3 Å². The Hall–Kier alpha value is -1.55. The number of benzene rings is 1. The summed E-state index contributed by atoms with van der Waals surface area (Å²) in [5.41, 5.74) is 7.61. The highest BCUT2D eigenvalue weighted by Gasteiger charge is 2.18. The van der Waals surface area contributed by atoms with E-state index in [0.29, 0.717) is 12.3 Å². The van der Waals surface area contributed by atoms with Crippen LogP contribution in [0.5, 0.6) is 0 Å². The third-order valence-corrected chi connectivity index (χ3v) is 4.42. The van der Waals surface area contributed by atoms with Crippen molar-refractivity contribution in [2.75, 3.05) is 32.4 Å². The van der Waals surface area contributed by atoms with Gasteiger partial charge in [-0.2, -0.15) is 0 Å². The van der Waals surface area contributed by atoms with Crippen LogP contribution in [0.2, 0.25) is 0 Å². The van der Waals surface area contributed by atoms with Gasteiger partial charge in [-0.3, -0.25) is 4.79 Å². The molecule has 1 aliphatic heterocycles. The van der Waals surface area contributed by atoms with Gasteiger partial charge in [0.1, 0.15) is 0 Å². The monoisotopic (exact) mass is 289 g/mol. The van der Waals surface area contributed by atoms with Crippen molar-refractivity contribution >= 4 is 11.6 Å². The topological polar surface area (TPSA) is 58.4 Å². The van der Waals surface area contributed by atoms with Crippen molar-refractivity contribution in [2.45, 2.75) is 32.1 Å². The molecule has 4 nitrogen and oxygen atoms in total. The fraction of sp³-hybridized carbons (Fsp3) is 0.588. The zero-order chi connectivity index (χ0) is 15.2. The van der Waals surface area contributed by atoms with Crippen molar-refractivity contribution in [3.8, 4) is 0 Å². The molecule has 0 aliphatic carbocycles. The van der Waals surface area contributed by atoms with Crippen molar-refractivity contribution in [1.29, 1.82) is 0 Å². The minimum absolute atomic E-state index is 0.151. The number of nitrogens with zero attached hydrogens (tertiary/aromatic N) is 1. The Balaban J connectivity index is 1.72. The summed E-state index contributed by atoms with van der Waals surface area (Å²) in [6, 6.07) is 7.79. The smallest absolute Gasteiger partial charge is 0.220 e. The van der Waals surface area contributed by atoms with Crippen LogP contribution in [0.1, 0.15) is 37.7 Å². The van der Waals surface area contributed by atoms with Gasteiger partial charge < -0.3 is 16.0 Å². The van der Waals surface area contributed by atoms with Crippen LogP contribution in [0, 0.1) is 5.92 Å². The molecule has 0 spiro atoms. The number of carbonyl (C=O) groups excluding carboxylic acids is 1. The number of nitrogens with two attached hydrogens (primary N) is 1. The summed E-state index contributed by atoms with van der Waals surface area (Å²) in [4.78, 5) is 14.4. The molecule has 3 N–H and O–H groups in total. The highest BCUT2D eigenvalue weighted by Crippen LogP contribution is 2.20. The van der Waals surface area contributed by atoms with E-state index in [-0.39, 0.29) is 11.8 Å². The van der Waals surface area contributed by atoms with Crippen LogP contribution in [-0.4, -0.2) is 37.5 Å². The van der Waals surface area contributed by atoms with E-state index in [4.69, 9.17) is 5.73 Å². The zero-order valence-electron chi connectivity index (χ0n) is 13.1. The van der Waals surface area contributed by atoms with Crippen molar-refractivity contribution in [3.63, 3.8) is 0 Å². The summed E-state index contributed by atoms with van der Waals surface area (Å²) in [6.45, 7) is 5.19. The van der Waals surface area contributed by atoms with Gasteiger partial charge in [-0.1, -0.05) is 19.1 Å². The molecule has 1 heterocycles. The van der Waals surface area contributed by atoms with Crippen LogP contribution in [0.25, 0.3) is 0 Å². The van der Waals surface area contributed by atoms with Gasteiger partial charge in [-0.05, 0) is 62.5 Å². The average Bonchev–Trinajstić information content (AvgIpc) is 2.47. The third-order valence-electron chi connectivity index (χ3n) is 4.42. The summed E-state index contributed by atoms with van der Waals surface area (Å²) in [5.74, 6) is 1.01. The highest BCUT2D eigenvalue weighted by atomic mass is 16.1. The van der Waals surface area contributed by atoms with Crippen LogP contribution >= 0.6 is 0 Å². The maximum Gasteiger partial charge on any atom is 0.220 e.